The van der Waals surface area contributed by atoms with E-state index in [0.29, 0.717) is 25.1 Å². The van der Waals surface area contributed by atoms with Crippen LogP contribution in [0.1, 0.15) is 24.1 Å². The Labute approximate surface area is 150 Å². The number of nitrogens with one attached hydrogen (secondary N) is 4. The quantitative estimate of drug-likeness (QED) is 0.561. The lowest BCUT2D eigenvalue weighted by Gasteiger charge is -2.15. The second kappa shape index (κ2) is 7.28. The van der Waals surface area contributed by atoms with Crippen LogP contribution in [0, 0.1) is 0 Å². The first-order valence-electron chi connectivity index (χ1n) is 9.10. The minimum Gasteiger partial charge on any atom is -0.368 e. The number of nitrogens with zero attached hydrogens (tertiary/aromatic N) is 3. The van der Waals surface area contributed by atoms with Gasteiger partial charge in [0.25, 0.3) is 11.1 Å². The Bertz CT molecular complexity index is 901. The summed E-state index contributed by atoms with van der Waals surface area (Å²) in [6.45, 7) is 2.65. The van der Waals surface area contributed by atoms with Gasteiger partial charge in [0.15, 0.2) is 0 Å². The van der Waals surface area contributed by atoms with Crippen LogP contribution in [-0.2, 0) is 19.4 Å². The van der Waals surface area contributed by atoms with Crippen LogP contribution >= 0.6 is 0 Å². The van der Waals surface area contributed by atoms with Crippen LogP contribution in [0.2, 0.25) is 0 Å². The van der Waals surface area contributed by atoms with Gasteiger partial charge in [-0.15, -0.1) is 0 Å². The number of anilines is 2. The standard InChI is InChI=1S/C17H23N7O2/c25-14-3-4-15(26)24(23-14)10-9-19-16-12-5-7-18-8-6-13(12)21-17(22-16)20-11-1-2-11/h3-4,11,18H,1-2,5-10H2,(H,23,25)(H2,19,20,21,22). The van der Waals surface area contributed by atoms with E-state index in [4.69, 9.17) is 4.98 Å². The lowest BCUT2D eigenvalue weighted by Crippen LogP contribution is -2.30. The van der Waals surface area contributed by atoms with Gasteiger partial charge in [0, 0.05) is 43.2 Å². The smallest absolute Gasteiger partial charge is 0.265 e. The maximum absolute atomic E-state index is 11.8. The minimum atomic E-state index is -0.289. The van der Waals surface area contributed by atoms with E-state index in [9.17, 15) is 9.59 Å². The fourth-order valence-electron chi connectivity index (χ4n) is 3.08. The van der Waals surface area contributed by atoms with Crippen LogP contribution in [-0.4, -0.2) is 45.4 Å². The molecule has 2 aliphatic rings. The largest absolute Gasteiger partial charge is 0.368 e. The second-order valence-electron chi connectivity index (χ2n) is 6.72. The highest BCUT2D eigenvalue weighted by Gasteiger charge is 2.24. The average Bonchev–Trinajstić information content (AvgIpc) is 3.45. The third-order valence-corrected chi connectivity index (χ3v) is 4.61. The Morgan fingerprint density at radius 1 is 1.15 bits per heavy atom. The molecule has 0 unspecified atom stereocenters. The first-order chi connectivity index (χ1) is 12.7. The number of aromatic amines is 1. The number of rotatable bonds is 6. The Balaban J connectivity index is 1.53. The molecule has 4 N–H and O–H groups in total. The van der Waals surface area contributed by atoms with Crippen molar-refractivity contribution in [3.8, 4) is 0 Å². The fourth-order valence-corrected chi connectivity index (χ4v) is 3.08. The Hall–Kier alpha value is -2.68. The van der Waals surface area contributed by atoms with Gasteiger partial charge in [-0.1, -0.05) is 0 Å². The molecule has 3 heterocycles. The van der Waals surface area contributed by atoms with Gasteiger partial charge < -0.3 is 16.0 Å². The molecule has 26 heavy (non-hydrogen) atoms. The van der Waals surface area contributed by atoms with Crippen LogP contribution in [0.4, 0.5) is 11.8 Å². The zero-order valence-electron chi connectivity index (χ0n) is 14.5. The highest BCUT2D eigenvalue weighted by Crippen LogP contribution is 2.26. The summed E-state index contributed by atoms with van der Waals surface area (Å²) in [5.74, 6) is 1.48. The minimum absolute atomic E-state index is 0.229. The van der Waals surface area contributed by atoms with E-state index >= 15 is 0 Å². The van der Waals surface area contributed by atoms with Crippen LogP contribution < -0.4 is 27.1 Å². The van der Waals surface area contributed by atoms with Crippen LogP contribution in [0.3, 0.4) is 0 Å². The number of fused-ring (bicyclic) bond motifs is 1. The molecular formula is C17H23N7O2. The summed E-state index contributed by atoms with van der Waals surface area (Å²) in [6, 6.07) is 3.00. The van der Waals surface area contributed by atoms with Gasteiger partial charge in [-0.3, -0.25) is 14.7 Å². The first-order valence-corrected chi connectivity index (χ1v) is 9.10. The Morgan fingerprint density at radius 2 is 2.00 bits per heavy atom. The summed E-state index contributed by atoms with van der Waals surface area (Å²) in [4.78, 5) is 32.5. The average molecular weight is 357 g/mol. The highest BCUT2D eigenvalue weighted by molar-refractivity contribution is 5.52. The van der Waals surface area contributed by atoms with Gasteiger partial charge in [0.05, 0.1) is 12.2 Å². The number of H-pyrrole nitrogens is 1. The molecule has 0 radical (unpaired) electrons. The normalized spacial score (nSPS) is 16.6. The Morgan fingerprint density at radius 3 is 2.85 bits per heavy atom. The number of hydrogen-bond acceptors (Lipinski definition) is 7. The van der Waals surface area contributed by atoms with E-state index in [2.05, 4.69) is 26.0 Å². The third kappa shape index (κ3) is 3.93. The van der Waals surface area contributed by atoms with Crippen LogP contribution in [0.25, 0.3) is 0 Å². The van der Waals surface area contributed by atoms with Crippen molar-refractivity contribution in [2.45, 2.75) is 38.3 Å². The van der Waals surface area contributed by atoms with Crippen molar-refractivity contribution >= 4 is 11.8 Å². The van der Waals surface area contributed by atoms with Crippen LogP contribution in [0.5, 0.6) is 0 Å². The molecule has 0 amide bonds. The van der Waals surface area contributed by atoms with E-state index < -0.39 is 0 Å². The molecule has 1 aliphatic heterocycles. The monoisotopic (exact) mass is 357 g/mol. The zero-order valence-corrected chi connectivity index (χ0v) is 14.5. The lowest BCUT2D eigenvalue weighted by molar-refractivity contribution is 0.587. The van der Waals surface area contributed by atoms with E-state index in [1.165, 1.54) is 16.8 Å². The SMILES string of the molecule is O=c1ccc(=O)n(CCNc2nc(NC3CC3)nc3c2CCNCC3)[nH]1. The topological polar surface area (TPSA) is 117 Å². The molecule has 0 bridgehead atoms. The molecule has 1 saturated carbocycles. The van der Waals surface area contributed by atoms with E-state index in [0.717, 1.165) is 55.8 Å². The van der Waals surface area contributed by atoms with Crippen molar-refractivity contribution in [3.63, 3.8) is 0 Å². The summed E-state index contributed by atoms with van der Waals surface area (Å²) in [7, 11) is 0. The van der Waals surface area contributed by atoms with Crippen molar-refractivity contribution in [3.05, 3.63) is 44.1 Å². The summed E-state index contributed by atoms with van der Waals surface area (Å²) in [6.07, 6.45) is 4.06. The van der Waals surface area contributed by atoms with Crippen molar-refractivity contribution in [2.24, 2.45) is 0 Å². The summed E-state index contributed by atoms with van der Waals surface area (Å²) in [5, 5.41) is 12.6. The van der Waals surface area contributed by atoms with Crippen LogP contribution in [0.15, 0.2) is 21.7 Å². The van der Waals surface area contributed by atoms with Gasteiger partial charge in [0.2, 0.25) is 5.95 Å². The van der Waals surface area contributed by atoms with Gasteiger partial charge in [-0.2, -0.15) is 4.98 Å². The fraction of sp³-hybridized carbons (Fsp3) is 0.529. The third-order valence-electron chi connectivity index (χ3n) is 4.61. The first kappa shape index (κ1) is 16.8. The van der Waals surface area contributed by atoms with E-state index in [-0.39, 0.29) is 11.1 Å². The number of aromatic nitrogens is 4. The molecule has 1 aliphatic carbocycles. The van der Waals surface area contributed by atoms with Gasteiger partial charge in [0.1, 0.15) is 5.82 Å². The molecule has 9 nitrogen and oxygen atoms in total. The summed E-state index contributed by atoms with van der Waals surface area (Å²) >= 11 is 0. The molecular weight excluding hydrogens is 334 g/mol. The molecule has 0 aromatic carbocycles. The molecule has 0 spiro atoms. The maximum Gasteiger partial charge on any atom is 0.265 e. The molecule has 0 atom stereocenters. The lowest BCUT2D eigenvalue weighted by atomic mass is 10.1. The molecule has 138 valence electrons. The second-order valence-corrected chi connectivity index (χ2v) is 6.72. The zero-order chi connectivity index (χ0) is 17.9. The Kier molecular flexibility index (Phi) is 4.70. The molecule has 0 saturated heterocycles. The predicted octanol–water partition coefficient (Wildman–Crippen LogP) is -0.299. The van der Waals surface area contributed by atoms with Gasteiger partial charge in [-0.05, 0) is 25.8 Å². The van der Waals surface area contributed by atoms with Crippen molar-refractivity contribution in [2.75, 3.05) is 30.3 Å². The molecule has 4 rings (SSSR count). The van der Waals surface area contributed by atoms with Crippen molar-refractivity contribution < 1.29 is 0 Å². The predicted molar refractivity (Wildman–Crippen MR) is 98.8 cm³/mol. The van der Waals surface area contributed by atoms with E-state index in [1.54, 1.807) is 0 Å². The van der Waals surface area contributed by atoms with Crippen molar-refractivity contribution in [1.82, 2.24) is 25.1 Å². The maximum atomic E-state index is 11.8. The molecule has 2 aromatic heterocycles. The summed E-state index contributed by atoms with van der Waals surface area (Å²) in [5.41, 5.74) is 1.68. The molecule has 1 fully saturated rings. The van der Waals surface area contributed by atoms with Gasteiger partial charge in [-0.25, -0.2) is 9.67 Å². The molecule has 2 aromatic rings. The highest BCUT2D eigenvalue weighted by atomic mass is 16.1. The summed E-state index contributed by atoms with van der Waals surface area (Å²) < 4.78 is 1.31. The number of hydrogen-bond donors (Lipinski definition) is 4. The van der Waals surface area contributed by atoms with Gasteiger partial charge >= 0.3 is 0 Å². The van der Waals surface area contributed by atoms with Crippen molar-refractivity contribution in [1.29, 1.82) is 0 Å². The molecule has 9 heteroatoms. The van der Waals surface area contributed by atoms with E-state index in [1.807, 2.05) is 0 Å².